The summed E-state index contributed by atoms with van der Waals surface area (Å²) in [5.41, 5.74) is 2.58. The number of ether oxygens (including phenoxy) is 1. The molecule has 4 heteroatoms. The summed E-state index contributed by atoms with van der Waals surface area (Å²) in [5, 5.41) is 3.34. The van der Waals surface area contributed by atoms with Crippen LogP contribution < -0.4 is 5.32 Å². The molecule has 0 bridgehead atoms. The predicted octanol–water partition coefficient (Wildman–Crippen LogP) is 2.52. The number of carbonyl (C=O) groups is 1. The Bertz CT molecular complexity index is 432. The molecule has 1 aliphatic carbocycles. The first kappa shape index (κ1) is 14.4. The quantitative estimate of drug-likeness (QED) is 0.778. The van der Waals surface area contributed by atoms with E-state index in [4.69, 9.17) is 4.74 Å². The first-order valence-corrected chi connectivity index (χ1v) is 7.81. The summed E-state index contributed by atoms with van der Waals surface area (Å²) in [6.07, 6.45) is 2.35. The second-order valence-corrected chi connectivity index (χ2v) is 6.05. The Morgan fingerprint density at radius 3 is 2.95 bits per heavy atom. The van der Waals surface area contributed by atoms with Gasteiger partial charge in [0, 0.05) is 17.5 Å². The van der Waals surface area contributed by atoms with Gasteiger partial charge >= 0.3 is 5.97 Å². The molecular weight excluding hydrogens is 258 g/mol. The number of carbonyl (C=O) groups excluding carboxylic acids is 1. The third kappa shape index (κ3) is 4.88. The van der Waals surface area contributed by atoms with E-state index < -0.39 is 0 Å². The van der Waals surface area contributed by atoms with Crippen LogP contribution >= 0.6 is 11.8 Å². The van der Waals surface area contributed by atoms with E-state index in [9.17, 15) is 4.79 Å². The van der Waals surface area contributed by atoms with Crippen molar-refractivity contribution in [3.8, 4) is 0 Å². The zero-order chi connectivity index (χ0) is 13.7. The monoisotopic (exact) mass is 279 g/mol. The molecule has 1 saturated carbocycles. The molecule has 1 unspecified atom stereocenters. The molecule has 0 heterocycles. The molecule has 0 amide bonds. The summed E-state index contributed by atoms with van der Waals surface area (Å²) in [4.78, 5) is 11.7. The molecule has 1 aliphatic rings. The summed E-state index contributed by atoms with van der Waals surface area (Å²) in [7, 11) is 1.45. The Hall–Kier alpha value is -1.00. The second-order valence-electron chi connectivity index (χ2n) is 5.02. The molecule has 104 valence electrons. The fraction of sp³-hybridized carbons (Fsp3) is 0.533. The fourth-order valence-electron chi connectivity index (χ4n) is 1.96. The first-order chi connectivity index (χ1) is 9.19. The van der Waals surface area contributed by atoms with Crippen LogP contribution in [-0.2, 0) is 15.3 Å². The van der Waals surface area contributed by atoms with Gasteiger partial charge in [-0.15, -0.1) is 0 Å². The zero-order valence-corrected chi connectivity index (χ0v) is 12.3. The van der Waals surface area contributed by atoms with Gasteiger partial charge in [0.15, 0.2) is 0 Å². The van der Waals surface area contributed by atoms with Gasteiger partial charge in [0.1, 0.15) is 6.04 Å². The molecule has 0 aliphatic heterocycles. The van der Waals surface area contributed by atoms with Gasteiger partial charge in [0.25, 0.3) is 0 Å². The molecule has 1 aromatic carbocycles. The van der Waals surface area contributed by atoms with Crippen LogP contribution in [-0.4, -0.2) is 30.9 Å². The van der Waals surface area contributed by atoms with Crippen LogP contribution in [0.4, 0.5) is 0 Å². The lowest BCUT2D eigenvalue weighted by atomic mass is 10.2. The van der Waals surface area contributed by atoms with Crippen molar-refractivity contribution in [3.63, 3.8) is 0 Å². The average molecular weight is 279 g/mol. The molecule has 1 N–H and O–H groups in total. The Kier molecular flexibility index (Phi) is 5.28. The Morgan fingerprint density at radius 2 is 2.32 bits per heavy atom. The highest BCUT2D eigenvalue weighted by Crippen LogP contribution is 2.21. The fourth-order valence-corrected chi connectivity index (χ4v) is 2.96. The first-order valence-electron chi connectivity index (χ1n) is 6.66. The van der Waals surface area contributed by atoms with Crippen molar-refractivity contribution in [1.82, 2.24) is 5.32 Å². The van der Waals surface area contributed by atoms with Crippen molar-refractivity contribution in [1.29, 1.82) is 0 Å². The number of hydrogen-bond acceptors (Lipinski definition) is 4. The third-order valence-electron chi connectivity index (χ3n) is 3.14. The van der Waals surface area contributed by atoms with Crippen LogP contribution in [0.15, 0.2) is 24.3 Å². The van der Waals surface area contributed by atoms with Crippen molar-refractivity contribution < 1.29 is 9.53 Å². The maximum absolute atomic E-state index is 11.7. The van der Waals surface area contributed by atoms with Crippen LogP contribution in [0.5, 0.6) is 0 Å². The van der Waals surface area contributed by atoms with Gasteiger partial charge < -0.3 is 10.1 Å². The molecule has 0 aromatic heterocycles. The normalized spacial score (nSPS) is 16.1. The van der Waals surface area contributed by atoms with Gasteiger partial charge in [0.2, 0.25) is 0 Å². The minimum absolute atomic E-state index is 0.149. The van der Waals surface area contributed by atoms with Gasteiger partial charge in [-0.3, -0.25) is 4.79 Å². The smallest absolute Gasteiger partial charge is 0.323 e. The number of nitrogens with one attached hydrogen (secondary N) is 1. The number of methoxy groups -OCH3 is 1. The molecule has 1 atom stereocenters. The highest BCUT2D eigenvalue weighted by molar-refractivity contribution is 7.98. The summed E-state index contributed by atoms with van der Waals surface area (Å²) in [5.74, 6) is 1.54. The highest BCUT2D eigenvalue weighted by Gasteiger charge is 2.28. The Balaban J connectivity index is 1.79. The van der Waals surface area contributed by atoms with Gasteiger partial charge in [-0.25, -0.2) is 0 Å². The molecule has 3 nitrogen and oxygen atoms in total. The Labute approximate surface area is 119 Å². The number of rotatable bonds is 7. The summed E-state index contributed by atoms with van der Waals surface area (Å²) in [6.45, 7) is 2.10. The maximum Gasteiger partial charge on any atom is 0.323 e. The van der Waals surface area contributed by atoms with Crippen LogP contribution in [0.1, 0.15) is 24.0 Å². The van der Waals surface area contributed by atoms with E-state index in [0.717, 1.165) is 11.5 Å². The van der Waals surface area contributed by atoms with E-state index in [0.29, 0.717) is 6.04 Å². The minimum atomic E-state index is -0.174. The lowest BCUT2D eigenvalue weighted by Gasteiger charge is -2.15. The standard InChI is InChI=1S/C15H21NO2S/c1-11-4-3-5-12(8-11)9-19-10-14(15(17)18-2)16-13-6-7-13/h3-5,8,13-14,16H,6-7,9-10H2,1-2H3. The van der Waals surface area contributed by atoms with Crippen LogP contribution in [0, 0.1) is 6.92 Å². The van der Waals surface area contributed by atoms with Crippen LogP contribution in [0.3, 0.4) is 0 Å². The largest absolute Gasteiger partial charge is 0.468 e. The predicted molar refractivity (Wildman–Crippen MR) is 79.3 cm³/mol. The van der Waals surface area contributed by atoms with Crippen molar-refractivity contribution in [2.75, 3.05) is 12.9 Å². The van der Waals surface area contributed by atoms with Crippen LogP contribution in [0.2, 0.25) is 0 Å². The third-order valence-corrected chi connectivity index (χ3v) is 4.24. The highest BCUT2D eigenvalue weighted by atomic mass is 32.2. The Morgan fingerprint density at radius 1 is 1.53 bits per heavy atom. The summed E-state index contributed by atoms with van der Waals surface area (Å²) >= 11 is 1.77. The molecule has 1 aromatic rings. The minimum Gasteiger partial charge on any atom is -0.468 e. The molecule has 0 radical (unpaired) electrons. The average Bonchev–Trinajstić information content (AvgIpc) is 3.21. The van der Waals surface area contributed by atoms with E-state index in [-0.39, 0.29) is 12.0 Å². The lowest BCUT2D eigenvalue weighted by Crippen LogP contribution is -2.41. The topological polar surface area (TPSA) is 38.3 Å². The molecular formula is C15H21NO2S. The second kappa shape index (κ2) is 6.96. The maximum atomic E-state index is 11.7. The molecule has 2 rings (SSSR count). The SMILES string of the molecule is COC(=O)C(CSCc1cccc(C)c1)NC1CC1. The van der Waals surface area contributed by atoms with E-state index >= 15 is 0 Å². The van der Waals surface area contributed by atoms with Gasteiger partial charge in [-0.05, 0) is 25.3 Å². The van der Waals surface area contributed by atoms with Gasteiger partial charge in [-0.2, -0.15) is 11.8 Å². The number of aryl methyl sites for hydroxylation is 1. The zero-order valence-electron chi connectivity index (χ0n) is 11.5. The van der Waals surface area contributed by atoms with E-state index in [1.807, 2.05) is 0 Å². The van der Waals surface area contributed by atoms with E-state index in [2.05, 4.69) is 36.5 Å². The molecule has 1 fully saturated rings. The molecule has 19 heavy (non-hydrogen) atoms. The van der Waals surface area contributed by atoms with Crippen molar-refractivity contribution >= 4 is 17.7 Å². The number of esters is 1. The van der Waals surface area contributed by atoms with Crippen molar-refractivity contribution in [3.05, 3.63) is 35.4 Å². The molecule has 0 spiro atoms. The number of thioether (sulfide) groups is 1. The van der Waals surface area contributed by atoms with Crippen molar-refractivity contribution in [2.45, 2.75) is 37.6 Å². The van der Waals surface area contributed by atoms with Crippen LogP contribution in [0.25, 0.3) is 0 Å². The van der Waals surface area contributed by atoms with E-state index in [1.54, 1.807) is 11.8 Å². The molecule has 0 saturated heterocycles. The number of benzene rings is 1. The number of hydrogen-bond donors (Lipinski definition) is 1. The summed E-state index contributed by atoms with van der Waals surface area (Å²) < 4.78 is 4.85. The van der Waals surface area contributed by atoms with Gasteiger partial charge in [0.05, 0.1) is 7.11 Å². The van der Waals surface area contributed by atoms with E-state index in [1.165, 1.54) is 31.1 Å². The summed E-state index contributed by atoms with van der Waals surface area (Å²) in [6, 6.07) is 8.83. The van der Waals surface area contributed by atoms with Crippen molar-refractivity contribution in [2.24, 2.45) is 0 Å². The lowest BCUT2D eigenvalue weighted by molar-refractivity contribution is -0.142. The van der Waals surface area contributed by atoms with Gasteiger partial charge in [-0.1, -0.05) is 29.8 Å².